The van der Waals surface area contributed by atoms with Crippen LogP contribution in [0.2, 0.25) is 0 Å². The van der Waals surface area contributed by atoms with Crippen LogP contribution in [-0.4, -0.2) is 51.3 Å². The number of carbonyl (C=O) groups excluding carboxylic acids is 1. The molecular formula is C21H24FN5O2. The quantitative estimate of drug-likeness (QED) is 0.636. The van der Waals surface area contributed by atoms with E-state index in [2.05, 4.69) is 28.9 Å². The molecule has 0 aliphatic rings. The average molecular weight is 397 g/mol. The molecule has 0 spiro atoms. The number of hydrogen-bond acceptors (Lipinski definition) is 5. The molecule has 0 bridgehead atoms. The third-order valence-electron chi connectivity index (χ3n) is 4.51. The normalized spacial score (nSPS) is 11.0. The number of aromatic nitrogens is 4. The highest BCUT2D eigenvalue weighted by Crippen LogP contribution is 2.24. The first-order valence-corrected chi connectivity index (χ1v) is 9.29. The lowest BCUT2D eigenvalue weighted by atomic mass is 10.1. The van der Waals surface area contributed by atoms with Gasteiger partial charge in [-0.3, -0.25) is 4.79 Å². The maximum Gasteiger partial charge on any atom is 0.257 e. The fourth-order valence-electron chi connectivity index (χ4n) is 3.09. The zero-order chi connectivity index (χ0) is 21.1. The van der Waals surface area contributed by atoms with Gasteiger partial charge in [-0.1, -0.05) is 13.8 Å². The first-order valence-electron chi connectivity index (χ1n) is 9.29. The van der Waals surface area contributed by atoms with Crippen LogP contribution in [0.1, 0.15) is 29.9 Å². The molecule has 0 fully saturated rings. The predicted molar refractivity (Wildman–Crippen MR) is 108 cm³/mol. The Labute approximate surface area is 169 Å². The lowest BCUT2D eigenvalue weighted by Gasteiger charge is -2.19. The van der Waals surface area contributed by atoms with E-state index in [0.717, 1.165) is 0 Å². The van der Waals surface area contributed by atoms with Gasteiger partial charge in [0.2, 0.25) is 0 Å². The minimum Gasteiger partial charge on any atom is -0.494 e. The molecule has 7 nitrogen and oxygen atoms in total. The van der Waals surface area contributed by atoms with Gasteiger partial charge in [0.05, 0.1) is 30.3 Å². The Balaban J connectivity index is 1.93. The first-order chi connectivity index (χ1) is 13.8. The van der Waals surface area contributed by atoms with Gasteiger partial charge in [-0.05, 0) is 37.1 Å². The van der Waals surface area contributed by atoms with Crippen LogP contribution in [0.5, 0.6) is 5.75 Å². The zero-order valence-electron chi connectivity index (χ0n) is 17.2. The van der Waals surface area contributed by atoms with Crippen molar-refractivity contribution in [2.75, 3.05) is 20.7 Å². The zero-order valence-corrected chi connectivity index (χ0v) is 17.2. The van der Waals surface area contributed by atoms with Gasteiger partial charge < -0.3 is 9.64 Å². The summed E-state index contributed by atoms with van der Waals surface area (Å²) < 4.78 is 20.5. The molecule has 0 radical (unpaired) electrons. The number of ether oxygens (including phenoxy) is 1. The second-order valence-corrected chi connectivity index (χ2v) is 7.23. The predicted octanol–water partition coefficient (Wildman–Crippen LogP) is 3.51. The summed E-state index contributed by atoms with van der Waals surface area (Å²) in [5.41, 5.74) is 2.27. The molecule has 2 heterocycles. The van der Waals surface area contributed by atoms with Crippen molar-refractivity contribution in [3.63, 3.8) is 0 Å². The van der Waals surface area contributed by atoms with Crippen LogP contribution in [0.25, 0.3) is 17.2 Å². The van der Waals surface area contributed by atoms with E-state index in [9.17, 15) is 9.18 Å². The maximum absolute atomic E-state index is 14.1. The molecule has 3 aromatic rings. The third-order valence-corrected chi connectivity index (χ3v) is 4.51. The second-order valence-electron chi connectivity index (χ2n) is 7.23. The van der Waals surface area contributed by atoms with E-state index in [1.165, 1.54) is 24.1 Å². The molecule has 2 aromatic heterocycles. The van der Waals surface area contributed by atoms with Gasteiger partial charge in [-0.25, -0.2) is 19.0 Å². The van der Waals surface area contributed by atoms with Gasteiger partial charge in [0.15, 0.2) is 11.6 Å². The van der Waals surface area contributed by atoms with E-state index in [0.29, 0.717) is 40.9 Å². The van der Waals surface area contributed by atoms with Crippen molar-refractivity contribution in [2.24, 2.45) is 5.92 Å². The molecule has 0 aliphatic heterocycles. The number of methoxy groups -OCH3 is 1. The Kier molecular flexibility index (Phi) is 5.91. The smallest absolute Gasteiger partial charge is 0.257 e. The van der Waals surface area contributed by atoms with E-state index in [1.807, 2.05) is 0 Å². The van der Waals surface area contributed by atoms with Gasteiger partial charge in [0, 0.05) is 25.4 Å². The van der Waals surface area contributed by atoms with Crippen molar-refractivity contribution >= 4 is 5.91 Å². The lowest BCUT2D eigenvalue weighted by molar-refractivity contribution is 0.0778. The fourth-order valence-corrected chi connectivity index (χ4v) is 3.09. The highest BCUT2D eigenvalue weighted by molar-refractivity contribution is 5.95. The van der Waals surface area contributed by atoms with Gasteiger partial charge >= 0.3 is 0 Å². The Morgan fingerprint density at radius 3 is 2.72 bits per heavy atom. The van der Waals surface area contributed by atoms with E-state index in [1.54, 1.807) is 43.3 Å². The van der Waals surface area contributed by atoms with Gasteiger partial charge in [0.25, 0.3) is 11.9 Å². The van der Waals surface area contributed by atoms with Crippen LogP contribution >= 0.6 is 0 Å². The molecule has 1 aromatic carbocycles. The number of halogens is 1. The monoisotopic (exact) mass is 397 g/mol. The summed E-state index contributed by atoms with van der Waals surface area (Å²) in [6.07, 6.45) is 3.10. The second kappa shape index (κ2) is 8.38. The molecule has 3 rings (SSSR count). The van der Waals surface area contributed by atoms with Crippen molar-refractivity contribution in [2.45, 2.75) is 20.8 Å². The summed E-state index contributed by atoms with van der Waals surface area (Å²) in [6.45, 7) is 6.56. The maximum atomic E-state index is 14.1. The number of amides is 1. The molecular weight excluding hydrogens is 373 g/mol. The molecule has 152 valence electrons. The van der Waals surface area contributed by atoms with E-state index in [4.69, 9.17) is 4.74 Å². The minimum atomic E-state index is -0.471. The van der Waals surface area contributed by atoms with Crippen LogP contribution in [0.3, 0.4) is 0 Å². The number of benzene rings is 1. The summed E-state index contributed by atoms with van der Waals surface area (Å²) in [7, 11) is 3.19. The van der Waals surface area contributed by atoms with Crippen LogP contribution in [0, 0.1) is 18.7 Å². The fraction of sp³-hybridized carbons (Fsp3) is 0.333. The number of hydrogen-bond donors (Lipinski definition) is 0. The van der Waals surface area contributed by atoms with Crippen LogP contribution in [0.15, 0.2) is 36.7 Å². The molecule has 29 heavy (non-hydrogen) atoms. The number of carbonyl (C=O) groups is 1. The van der Waals surface area contributed by atoms with Crippen molar-refractivity contribution < 1.29 is 13.9 Å². The Hall–Kier alpha value is -3.29. The SMILES string of the molecule is COc1ccc(-c2ccnc(-n3ncc(C(=O)N(C)CC(C)C)c3C)n2)cc1F. The molecule has 0 atom stereocenters. The first kappa shape index (κ1) is 20.4. The topological polar surface area (TPSA) is 73.1 Å². The highest BCUT2D eigenvalue weighted by Gasteiger charge is 2.20. The van der Waals surface area contributed by atoms with E-state index >= 15 is 0 Å². The molecule has 0 saturated carbocycles. The summed E-state index contributed by atoms with van der Waals surface area (Å²) >= 11 is 0. The summed E-state index contributed by atoms with van der Waals surface area (Å²) in [4.78, 5) is 23.1. The van der Waals surface area contributed by atoms with Crippen molar-refractivity contribution in [1.82, 2.24) is 24.6 Å². The van der Waals surface area contributed by atoms with Crippen LogP contribution in [0.4, 0.5) is 4.39 Å². The van der Waals surface area contributed by atoms with Crippen LogP contribution in [-0.2, 0) is 0 Å². The summed E-state index contributed by atoms with van der Waals surface area (Å²) in [5, 5.41) is 4.30. The van der Waals surface area contributed by atoms with Crippen molar-refractivity contribution in [3.8, 4) is 23.0 Å². The number of nitrogens with zero attached hydrogens (tertiary/aromatic N) is 5. The Bertz CT molecular complexity index is 1030. The summed E-state index contributed by atoms with van der Waals surface area (Å²) in [5.74, 6) is 0.267. The number of rotatable bonds is 6. The molecule has 0 unspecified atom stereocenters. The van der Waals surface area contributed by atoms with E-state index < -0.39 is 5.82 Å². The largest absolute Gasteiger partial charge is 0.494 e. The molecule has 0 saturated heterocycles. The van der Waals surface area contributed by atoms with E-state index in [-0.39, 0.29) is 11.7 Å². The molecule has 1 amide bonds. The Morgan fingerprint density at radius 2 is 2.07 bits per heavy atom. The van der Waals surface area contributed by atoms with Gasteiger partial charge in [-0.2, -0.15) is 5.10 Å². The van der Waals surface area contributed by atoms with Crippen molar-refractivity contribution in [1.29, 1.82) is 0 Å². The van der Waals surface area contributed by atoms with Crippen LogP contribution < -0.4 is 4.74 Å². The Morgan fingerprint density at radius 1 is 1.31 bits per heavy atom. The standard InChI is InChI=1S/C21H24FN5O2/c1-13(2)12-26(4)20(28)16-11-24-27(14(16)3)21-23-9-8-18(25-21)15-6-7-19(29-5)17(22)10-15/h6-11,13H,12H2,1-5H3. The highest BCUT2D eigenvalue weighted by atomic mass is 19.1. The molecule has 8 heteroatoms. The lowest BCUT2D eigenvalue weighted by Crippen LogP contribution is -2.30. The molecule has 0 aliphatic carbocycles. The summed E-state index contributed by atoms with van der Waals surface area (Å²) in [6, 6.07) is 6.32. The molecule has 0 N–H and O–H groups in total. The van der Waals surface area contributed by atoms with Gasteiger partial charge in [-0.15, -0.1) is 0 Å². The van der Waals surface area contributed by atoms with Crippen molar-refractivity contribution in [3.05, 3.63) is 53.7 Å². The van der Waals surface area contributed by atoms with Gasteiger partial charge in [0.1, 0.15) is 0 Å². The third kappa shape index (κ3) is 4.26. The minimum absolute atomic E-state index is 0.101. The average Bonchev–Trinajstić information content (AvgIpc) is 3.08.